The van der Waals surface area contributed by atoms with Gasteiger partial charge in [0.25, 0.3) is 5.91 Å². The van der Waals surface area contributed by atoms with Gasteiger partial charge < -0.3 is 5.32 Å². The lowest BCUT2D eigenvalue weighted by Crippen LogP contribution is -2.33. The van der Waals surface area contributed by atoms with Crippen LogP contribution in [0.2, 0.25) is 10.0 Å². The Hall–Kier alpha value is -1.60. The van der Waals surface area contributed by atoms with Gasteiger partial charge >= 0.3 is 0 Å². The van der Waals surface area contributed by atoms with Crippen LogP contribution in [0.5, 0.6) is 0 Å². The molecule has 0 bridgehead atoms. The van der Waals surface area contributed by atoms with Gasteiger partial charge in [-0.2, -0.15) is 0 Å². The van der Waals surface area contributed by atoms with E-state index < -0.39 is 15.9 Å². The standard InChI is InChI=1S/C20H22Cl2N2O3S/c1-12-7-8-18(13(2)9-12)23-20(25)15-10-19(17(22)11-16(15)21)28(26,27)24-14-5-3-4-6-14/h7-11,14,24H,3-6H2,1-2H3,(H,23,25). The number of amides is 1. The van der Waals surface area contributed by atoms with Gasteiger partial charge in [0, 0.05) is 11.7 Å². The highest BCUT2D eigenvalue weighted by Crippen LogP contribution is 2.30. The highest BCUT2D eigenvalue weighted by Gasteiger charge is 2.27. The summed E-state index contributed by atoms with van der Waals surface area (Å²) in [6.07, 6.45) is 3.57. The Kier molecular flexibility index (Phi) is 6.34. The minimum Gasteiger partial charge on any atom is -0.322 e. The third kappa shape index (κ3) is 4.69. The molecule has 2 aromatic carbocycles. The molecule has 0 aliphatic heterocycles. The van der Waals surface area contributed by atoms with Gasteiger partial charge in [0.2, 0.25) is 10.0 Å². The topological polar surface area (TPSA) is 75.3 Å². The summed E-state index contributed by atoms with van der Waals surface area (Å²) in [5.41, 5.74) is 2.66. The zero-order valence-corrected chi connectivity index (χ0v) is 18.0. The molecule has 0 radical (unpaired) electrons. The molecule has 0 heterocycles. The highest BCUT2D eigenvalue weighted by atomic mass is 35.5. The summed E-state index contributed by atoms with van der Waals surface area (Å²) in [4.78, 5) is 12.6. The lowest BCUT2D eigenvalue weighted by Gasteiger charge is -2.15. The summed E-state index contributed by atoms with van der Waals surface area (Å²) in [7, 11) is -3.85. The van der Waals surface area contributed by atoms with E-state index in [0.717, 1.165) is 36.8 Å². The van der Waals surface area contributed by atoms with E-state index in [2.05, 4.69) is 10.0 Å². The summed E-state index contributed by atoms with van der Waals surface area (Å²) < 4.78 is 28.2. The van der Waals surface area contributed by atoms with Crippen molar-refractivity contribution in [2.45, 2.75) is 50.5 Å². The van der Waals surface area contributed by atoms with Gasteiger partial charge in [-0.3, -0.25) is 4.79 Å². The zero-order chi connectivity index (χ0) is 20.5. The number of anilines is 1. The Bertz CT molecular complexity index is 1020. The van der Waals surface area contributed by atoms with E-state index in [0.29, 0.717) is 5.69 Å². The molecule has 1 amide bonds. The van der Waals surface area contributed by atoms with Crippen molar-refractivity contribution in [3.63, 3.8) is 0 Å². The Labute approximate surface area is 175 Å². The maximum absolute atomic E-state index is 12.8. The van der Waals surface area contributed by atoms with Gasteiger partial charge in [0.1, 0.15) is 4.90 Å². The largest absolute Gasteiger partial charge is 0.322 e. The molecule has 0 aromatic heterocycles. The molecule has 1 aliphatic carbocycles. The fourth-order valence-corrected chi connectivity index (χ4v) is 5.54. The predicted molar refractivity (Wildman–Crippen MR) is 113 cm³/mol. The average molecular weight is 441 g/mol. The minimum absolute atomic E-state index is 0.0152. The van der Waals surface area contributed by atoms with Crippen molar-refractivity contribution in [3.05, 3.63) is 57.1 Å². The van der Waals surface area contributed by atoms with Crippen molar-refractivity contribution in [1.82, 2.24) is 4.72 Å². The highest BCUT2D eigenvalue weighted by molar-refractivity contribution is 7.89. The number of sulfonamides is 1. The molecule has 1 saturated carbocycles. The van der Waals surface area contributed by atoms with Crippen molar-refractivity contribution in [2.75, 3.05) is 5.32 Å². The predicted octanol–water partition coefficient (Wildman–Crippen LogP) is 5.08. The third-order valence-corrected chi connectivity index (χ3v) is 7.16. The van der Waals surface area contributed by atoms with Crippen molar-refractivity contribution in [3.8, 4) is 0 Å². The lowest BCUT2D eigenvalue weighted by atomic mass is 10.1. The molecule has 2 N–H and O–H groups in total. The first-order chi connectivity index (χ1) is 13.2. The molecular weight excluding hydrogens is 419 g/mol. The summed E-state index contributed by atoms with van der Waals surface area (Å²) in [5.74, 6) is -0.495. The molecule has 3 rings (SSSR count). The second kappa shape index (κ2) is 8.41. The van der Waals surface area contributed by atoms with E-state index in [4.69, 9.17) is 23.2 Å². The molecule has 0 unspecified atom stereocenters. The van der Waals surface area contributed by atoms with Crippen LogP contribution in [0.1, 0.15) is 47.2 Å². The smallest absolute Gasteiger partial charge is 0.257 e. The number of hydrogen-bond acceptors (Lipinski definition) is 3. The maximum Gasteiger partial charge on any atom is 0.257 e. The second-order valence-corrected chi connectivity index (χ2v) is 9.63. The molecule has 28 heavy (non-hydrogen) atoms. The first-order valence-electron chi connectivity index (χ1n) is 9.07. The molecule has 1 fully saturated rings. The van der Waals surface area contributed by atoms with Gasteiger partial charge in [0.15, 0.2) is 0 Å². The van der Waals surface area contributed by atoms with E-state index in [9.17, 15) is 13.2 Å². The fraction of sp³-hybridized carbons (Fsp3) is 0.350. The fourth-order valence-electron chi connectivity index (χ4n) is 3.38. The molecule has 5 nitrogen and oxygen atoms in total. The number of nitrogens with one attached hydrogen (secondary N) is 2. The average Bonchev–Trinajstić information content (AvgIpc) is 3.09. The minimum atomic E-state index is -3.85. The van der Waals surface area contributed by atoms with E-state index in [-0.39, 0.29) is 26.5 Å². The lowest BCUT2D eigenvalue weighted by molar-refractivity contribution is 0.102. The third-order valence-electron chi connectivity index (χ3n) is 4.86. The van der Waals surface area contributed by atoms with Crippen LogP contribution in [0, 0.1) is 13.8 Å². The van der Waals surface area contributed by atoms with Crippen molar-refractivity contribution in [2.24, 2.45) is 0 Å². The normalized spacial score (nSPS) is 15.0. The van der Waals surface area contributed by atoms with E-state index in [1.54, 1.807) is 6.07 Å². The first kappa shape index (κ1) is 21.1. The van der Waals surface area contributed by atoms with Gasteiger partial charge in [-0.25, -0.2) is 13.1 Å². The number of carbonyl (C=O) groups is 1. The Balaban J connectivity index is 1.91. The van der Waals surface area contributed by atoms with Gasteiger partial charge in [-0.05, 0) is 50.5 Å². The van der Waals surface area contributed by atoms with Gasteiger partial charge in [-0.1, -0.05) is 53.7 Å². The molecule has 1 aliphatic rings. The SMILES string of the molecule is Cc1ccc(NC(=O)c2cc(S(=O)(=O)NC3CCCC3)c(Cl)cc2Cl)c(C)c1. The first-order valence-corrected chi connectivity index (χ1v) is 11.3. The summed E-state index contributed by atoms with van der Waals surface area (Å²) in [6, 6.07) is 8.05. The van der Waals surface area contributed by atoms with E-state index in [1.165, 1.54) is 12.1 Å². The molecular formula is C20H22Cl2N2O3S. The Morgan fingerprint density at radius 1 is 1.04 bits per heavy atom. The summed E-state index contributed by atoms with van der Waals surface area (Å²) >= 11 is 12.3. The number of hydrogen-bond donors (Lipinski definition) is 2. The van der Waals surface area contributed by atoms with Crippen LogP contribution < -0.4 is 10.0 Å². The van der Waals surface area contributed by atoms with Crippen LogP contribution in [-0.4, -0.2) is 20.4 Å². The van der Waals surface area contributed by atoms with E-state index >= 15 is 0 Å². The van der Waals surface area contributed by atoms with Crippen molar-refractivity contribution in [1.29, 1.82) is 0 Å². The molecule has 0 saturated heterocycles. The second-order valence-electron chi connectivity index (χ2n) is 7.14. The number of benzene rings is 2. The van der Waals surface area contributed by atoms with Crippen molar-refractivity contribution >= 4 is 44.8 Å². The number of aryl methyl sites for hydroxylation is 2. The van der Waals surface area contributed by atoms with Gasteiger partial charge in [-0.15, -0.1) is 0 Å². The zero-order valence-electron chi connectivity index (χ0n) is 15.7. The molecule has 0 atom stereocenters. The molecule has 8 heteroatoms. The van der Waals surface area contributed by atoms with Crippen LogP contribution in [0.25, 0.3) is 0 Å². The maximum atomic E-state index is 12.8. The molecule has 2 aromatic rings. The Morgan fingerprint density at radius 2 is 1.71 bits per heavy atom. The van der Waals surface area contributed by atoms with Gasteiger partial charge in [0.05, 0.1) is 15.6 Å². The summed E-state index contributed by atoms with van der Waals surface area (Å²) in [6.45, 7) is 3.84. The van der Waals surface area contributed by atoms with Crippen LogP contribution >= 0.6 is 23.2 Å². The van der Waals surface area contributed by atoms with Crippen LogP contribution in [0.15, 0.2) is 35.2 Å². The summed E-state index contributed by atoms with van der Waals surface area (Å²) in [5, 5.41) is 2.86. The van der Waals surface area contributed by atoms with Crippen molar-refractivity contribution < 1.29 is 13.2 Å². The Morgan fingerprint density at radius 3 is 2.36 bits per heavy atom. The van der Waals surface area contributed by atoms with Crippen LogP contribution in [0.3, 0.4) is 0 Å². The van der Waals surface area contributed by atoms with Crippen LogP contribution in [-0.2, 0) is 10.0 Å². The monoisotopic (exact) mass is 440 g/mol. The number of carbonyl (C=O) groups excluding carboxylic acids is 1. The van der Waals surface area contributed by atoms with E-state index in [1.807, 2.05) is 26.0 Å². The van der Waals surface area contributed by atoms with Crippen LogP contribution in [0.4, 0.5) is 5.69 Å². The quantitative estimate of drug-likeness (QED) is 0.679. The molecule has 0 spiro atoms. The number of halogens is 2. The number of rotatable bonds is 5. The molecule has 150 valence electrons.